The first-order valence-corrected chi connectivity index (χ1v) is 5.91. The van der Waals surface area contributed by atoms with Crippen molar-refractivity contribution in [3.63, 3.8) is 0 Å². The highest BCUT2D eigenvalue weighted by molar-refractivity contribution is 5.76. The van der Waals surface area contributed by atoms with E-state index in [-0.39, 0.29) is 5.91 Å². The molecule has 17 heavy (non-hydrogen) atoms. The van der Waals surface area contributed by atoms with Gasteiger partial charge in [-0.15, -0.1) is 0 Å². The van der Waals surface area contributed by atoms with Crippen molar-refractivity contribution in [2.24, 2.45) is 0 Å². The normalized spacial score (nSPS) is 16.1. The lowest BCUT2D eigenvalue weighted by Gasteiger charge is -2.27. The number of anilines is 1. The van der Waals surface area contributed by atoms with E-state index in [4.69, 9.17) is 10.5 Å². The monoisotopic (exact) mass is 234 g/mol. The molecule has 0 aliphatic carbocycles. The van der Waals surface area contributed by atoms with Crippen molar-refractivity contribution in [3.05, 3.63) is 23.8 Å². The Hall–Kier alpha value is -1.71. The van der Waals surface area contributed by atoms with Crippen molar-refractivity contribution in [1.82, 2.24) is 4.90 Å². The number of ether oxygens (including phenoxy) is 1. The van der Waals surface area contributed by atoms with Gasteiger partial charge >= 0.3 is 0 Å². The second kappa shape index (κ2) is 5.08. The van der Waals surface area contributed by atoms with Crippen molar-refractivity contribution in [3.8, 4) is 5.75 Å². The highest BCUT2D eigenvalue weighted by Crippen LogP contribution is 2.24. The smallest absolute Gasteiger partial charge is 0.222 e. The van der Waals surface area contributed by atoms with Crippen molar-refractivity contribution >= 4 is 11.6 Å². The quantitative estimate of drug-likeness (QED) is 0.811. The van der Waals surface area contributed by atoms with Crippen LogP contribution in [0.2, 0.25) is 0 Å². The lowest BCUT2D eigenvalue weighted by atomic mass is 10.1. The molecule has 1 fully saturated rings. The molecule has 0 atom stereocenters. The Kier molecular flexibility index (Phi) is 3.52. The molecule has 0 spiro atoms. The first-order chi connectivity index (χ1) is 8.20. The van der Waals surface area contributed by atoms with E-state index >= 15 is 0 Å². The predicted molar refractivity (Wildman–Crippen MR) is 66.7 cm³/mol. The number of likely N-dealkylation sites (tertiary alicyclic amines) is 1. The first-order valence-electron chi connectivity index (χ1n) is 5.91. The van der Waals surface area contributed by atoms with E-state index in [1.165, 1.54) is 0 Å². The van der Waals surface area contributed by atoms with Crippen LogP contribution in [0.1, 0.15) is 24.8 Å². The fraction of sp³-hybridized carbons (Fsp3) is 0.462. The minimum Gasteiger partial charge on any atom is -0.496 e. The number of carbonyl (C=O) groups excluding carboxylic acids is 1. The van der Waals surface area contributed by atoms with Crippen LogP contribution in [0.15, 0.2) is 18.2 Å². The van der Waals surface area contributed by atoms with Gasteiger partial charge in [-0.3, -0.25) is 4.79 Å². The molecule has 92 valence electrons. The Balaban J connectivity index is 2.14. The molecule has 4 nitrogen and oxygen atoms in total. The summed E-state index contributed by atoms with van der Waals surface area (Å²) in [5.41, 5.74) is 7.39. The van der Waals surface area contributed by atoms with E-state index in [0.717, 1.165) is 30.7 Å². The van der Waals surface area contributed by atoms with Crippen molar-refractivity contribution in [1.29, 1.82) is 0 Å². The lowest BCUT2D eigenvalue weighted by Crippen LogP contribution is -2.34. The number of nitrogens with two attached hydrogens (primary N) is 1. The highest BCUT2D eigenvalue weighted by atomic mass is 16.5. The maximum absolute atomic E-state index is 11.7. The van der Waals surface area contributed by atoms with Gasteiger partial charge in [-0.1, -0.05) is 6.07 Å². The number of nitrogen functional groups attached to an aromatic ring is 1. The van der Waals surface area contributed by atoms with E-state index in [2.05, 4.69) is 0 Å². The zero-order valence-corrected chi connectivity index (χ0v) is 10.1. The highest BCUT2D eigenvalue weighted by Gasteiger charge is 2.19. The summed E-state index contributed by atoms with van der Waals surface area (Å²) in [7, 11) is 1.62. The van der Waals surface area contributed by atoms with Crippen LogP contribution in [0, 0.1) is 0 Å². The Morgan fingerprint density at radius 1 is 1.41 bits per heavy atom. The average Bonchev–Trinajstić information content (AvgIpc) is 2.34. The van der Waals surface area contributed by atoms with Crippen LogP contribution in [0.5, 0.6) is 5.75 Å². The van der Waals surface area contributed by atoms with Crippen LogP contribution in [-0.4, -0.2) is 24.5 Å². The van der Waals surface area contributed by atoms with Gasteiger partial charge in [0.15, 0.2) is 0 Å². The average molecular weight is 234 g/mol. The molecule has 0 saturated carbocycles. The molecular formula is C13H18N2O2. The summed E-state index contributed by atoms with van der Waals surface area (Å²) in [6, 6.07) is 5.56. The summed E-state index contributed by atoms with van der Waals surface area (Å²) < 4.78 is 5.28. The number of methoxy groups -OCH3 is 1. The van der Waals surface area contributed by atoms with Crippen LogP contribution in [0.3, 0.4) is 0 Å². The summed E-state index contributed by atoms with van der Waals surface area (Å²) in [5, 5.41) is 0. The summed E-state index contributed by atoms with van der Waals surface area (Å²) in [6.45, 7) is 1.45. The number of benzene rings is 1. The Morgan fingerprint density at radius 3 is 2.94 bits per heavy atom. The second-order valence-corrected chi connectivity index (χ2v) is 4.34. The number of amides is 1. The zero-order valence-electron chi connectivity index (χ0n) is 10.1. The molecule has 0 radical (unpaired) electrons. The number of nitrogens with zero attached hydrogens (tertiary/aromatic N) is 1. The van der Waals surface area contributed by atoms with E-state index < -0.39 is 0 Å². The SMILES string of the molecule is COc1cc(N)ccc1CN1CCCCC1=O. The molecule has 2 N–H and O–H groups in total. The third-order valence-corrected chi connectivity index (χ3v) is 3.09. The number of carbonyl (C=O) groups is 1. The predicted octanol–water partition coefficient (Wildman–Crippen LogP) is 1.79. The van der Waals surface area contributed by atoms with E-state index in [1.807, 2.05) is 17.0 Å². The largest absolute Gasteiger partial charge is 0.496 e. The van der Waals surface area contributed by atoms with Crippen LogP contribution in [0.25, 0.3) is 0 Å². The number of piperidine rings is 1. The van der Waals surface area contributed by atoms with Gasteiger partial charge in [0.2, 0.25) is 5.91 Å². The van der Waals surface area contributed by atoms with Gasteiger partial charge < -0.3 is 15.4 Å². The van der Waals surface area contributed by atoms with Crippen LogP contribution < -0.4 is 10.5 Å². The molecule has 4 heteroatoms. The molecule has 0 unspecified atom stereocenters. The lowest BCUT2D eigenvalue weighted by molar-refractivity contribution is -0.133. The molecule has 1 aliphatic heterocycles. The fourth-order valence-electron chi connectivity index (χ4n) is 2.13. The van der Waals surface area contributed by atoms with Gasteiger partial charge in [0, 0.05) is 36.8 Å². The Morgan fingerprint density at radius 2 is 2.24 bits per heavy atom. The molecule has 2 rings (SSSR count). The van der Waals surface area contributed by atoms with E-state index in [1.54, 1.807) is 13.2 Å². The van der Waals surface area contributed by atoms with E-state index in [9.17, 15) is 4.79 Å². The van der Waals surface area contributed by atoms with E-state index in [0.29, 0.717) is 18.7 Å². The molecule has 1 aromatic carbocycles. The topological polar surface area (TPSA) is 55.6 Å². The molecule has 1 saturated heterocycles. The molecule has 0 aromatic heterocycles. The van der Waals surface area contributed by atoms with Crippen LogP contribution in [0.4, 0.5) is 5.69 Å². The van der Waals surface area contributed by atoms with Crippen molar-refractivity contribution in [2.45, 2.75) is 25.8 Å². The van der Waals surface area contributed by atoms with Gasteiger partial charge in [0.1, 0.15) is 5.75 Å². The molecule has 1 amide bonds. The van der Waals surface area contributed by atoms with Gasteiger partial charge in [-0.25, -0.2) is 0 Å². The number of hydrogen-bond donors (Lipinski definition) is 1. The van der Waals surface area contributed by atoms with Crippen LogP contribution in [-0.2, 0) is 11.3 Å². The third-order valence-electron chi connectivity index (χ3n) is 3.09. The number of hydrogen-bond acceptors (Lipinski definition) is 3. The molecule has 1 heterocycles. The molecule has 0 bridgehead atoms. The molecule has 1 aliphatic rings. The zero-order chi connectivity index (χ0) is 12.3. The standard InChI is InChI=1S/C13H18N2O2/c1-17-12-8-11(14)6-5-10(12)9-15-7-3-2-4-13(15)16/h5-6,8H,2-4,7,9,14H2,1H3. The van der Waals surface area contributed by atoms with Crippen molar-refractivity contribution < 1.29 is 9.53 Å². The first kappa shape index (κ1) is 11.8. The molecule has 1 aromatic rings. The van der Waals surface area contributed by atoms with Gasteiger partial charge in [-0.2, -0.15) is 0 Å². The Labute approximate surface area is 101 Å². The van der Waals surface area contributed by atoms with Gasteiger partial charge in [0.25, 0.3) is 0 Å². The summed E-state index contributed by atoms with van der Waals surface area (Å²) in [5.74, 6) is 0.985. The third kappa shape index (κ3) is 2.70. The summed E-state index contributed by atoms with van der Waals surface area (Å²) >= 11 is 0. The van der Waals surface area contributed by atoms with Gasteiger partial charge in [0.05, 0.1) is 7.11 Å². The minimum absolute atomic E-state index is 0.232. The maximum Gasteiger partial charge on any atom is 0.222 e. The fourth-order valence-corrected chi connectivity index (χ4v) is 2.13. The van der Waals surface area contributed by atoms with Gasteiger partial charge in [-0.05, 0) is 18.9 Å². The van der Waals surface area contributed by atoms with Crippen LogP contribution >= 0.6 is 0 Å². The minimum atomic E-state index is 0.232. The second-order valence-electron chi connectivity index (χ2n) is 4.34. The Bertz CT molecular complexity index is 418. The van der Waals surface area contributed by atoms with Crippen molar-refractivity contribution in [2.75, 3.05) is 19.4 Å². The maximum atomic E-state index is 11.7. The summed E-state index contributed by atoms with van der Waals surface area (Å²) in [6.07, 6.45) is 2.76. The summed E-state index contributed by atoms with van der Waals surface area (Å²) in [4.78, 5) is 13.6. The molecular weight excluding hydrogens is 216 g/mol. The number of rotatable bonds is 3.